The fourth-order valence-corrected chi connectivity index (χ4v) is 2.94. The van der Waals surface area contributed by atoms with E-state index in [0.29, 0.717) is 27.8 Å². The molecule has 2 aromatic rings. The number of amides is 1. The van der Waals surface area contributed by atoms with Gasteiger partial charge in [-0.1, -0.05) is 23.7 Å². The Morgan fingerprint density at radius 1 is 1.03 bits per heavy atom. The third-order valence-corrected chi connectivity index (χ3v) is 4.40. The maximum Gasteiger partial charge on any atom is 0.310 e. The first-order valence-electron chi connectivity index (χ1n) is 8.87. The smallest absolute Gasteiger partial charge is 0.310 e. The van der Waals surface area contributed by atoms with E-state index in [1.807, 2.05) is 13.0 Å². The minimum absolute atomic E-state index is 0.0478. The number of carbonyl (C=O) groups is 2. The molecule has 0 fully saturated rings. The first-order valence-corrected chi connectivity index (χ1v) is 9.25. The van der Waals surface area contributed by atoms with Crippen LogP contribution in [0.15, 0.2) is 36.4 Å². The van der Waals surface area contributed by atoms with E-state index in [-0.39, 0.29) is 19.1 Å². The van der Waals surface area contributed by atoms with Gasteiger partial charge < -0.3 is 24.3 Å². The van der Waals surface area contributed by atoms with Crippen molar-refractivity contribution in [2.45, 2.75) is 19.4 Å². The average Bonchev–Trinajstić information content (AvgIpc) is 2.71. The number of ether oxygens (including phenoxy) is 4. The molecule has 2 aromatic carbocycles. The van der Waals surface area contributed by atoms with Crippen LogP contribution in [0.25, 0.3) is 0 Å². The molecule has 1 N–H and O–H groups in total. The third-order valence-electron chi connectivity index (χ3n) is 4.16. The van der Waals surface area contributed by atoms with E-state index in [9.17, 15) is 9.59 Å². The van der Waals surface area contributed by atoms with Crippen LogP contribution in [0.1, 0.15) is 24.1 Å². The van der Waals surface area contributed by atoms with E-state index in [1.165, 1.54) is 21.3 Å². The molecule has 0 saturated heterocycles. The topological polar surface area (TPSA) is 83.1 Å². The molecule has 0 aliphatic carbocycles. The highest BCUT2D eigenvalue weighted by Gasteiger charge is 2.17. The Labute approximate surface area is 174 Å². The maximum atomic E-state index is 12.1. The largest absolute Gasteiger partial charge is 0.493 e. The number of nitrogens with one attached hydrogen (secondary N) is 1. The Hall–Kier alpha value is -2.93. The lowest BCUT2D eigenvalue weighted by molar-refractivity contribution is -0.148. The van der Waals surface area contributed by atoms with Crippen molar-refractivity contribution in [3.05, 3.63) is 52.5 Å². The summed E-state index contributed by atoms with van der Waals surface area (Å²) in [5.74, 6) is 0.340. The highest BCUT2D eigenvalue weighted by atomic mass is 35.5. The number of hydrogen-bond donors (Lipinski definition) is 1. The molecule has 29 heavy (non-hydrogen) atoms. The van der Waals surface area contributed by atoms with Crippen LogP contribution in [0.5, 0.6) is 17.2 Å². The van der Waals surface area contributed by atoms with Gasteiger partial charge in [-0.25, -0.2) is 0 Å². The summed E-state index contributed by atoms with van der Waals surface area (Å²) >= 11 is 5.96. The van der Waals surface area contributed by atoms with Gasteiger partial charge in [0.05, 0.1) is 33.8 Å². The Morgan fingerprint density at radius 3 is 2.24 bits per heavy atom. The van der Waals surface area contributed by atoms with Crippen molar-refractivity contribution in [3.63, 3.8) is 0 Å². The molecule has 8 heteroatoms. The minimum atomic E-state index is -0.551. The van der Waals surface area contributed by atoms with Crippen LogP contribution in [0, 0.1) is 0 Å². The summed E-state index contributed by atoms with van der Waals surface area (Å²) in [5.41, 5.74) is 1.46. The van der Waals surface area contributed by atoms with Crippen LogP contribution in [-0.4, -0.2) is 39.8 Å². The van der Waals surface area contributed by atoms with Crippen LogP contribution in [0.2, 0.25) is 5.02 Å². The highest BCUT2D eigenvalue weighted by molar-refractivity contribution is 6.30. The molecule has 1 amide bonds. The van der Waals surface area contributed by atoms with E-state index in [2.05, 4.69) is 5.32 Å². The SMILES string of the molecule is COc1cc(CC(=O)OCC(=O)N[C@H](C)c2cccc(Cl)c2)cc(OC)c1OC. The summed E-state index contributed by atoms with van der Waals surface area (Å²) in [5, 5.41) is 3.35. The molecule has 0 saturated carbocycles. The lowest BCUT2D eigenvalue weighted by Crippen LogP contribution is -2.31. The van der Waals surface area contributed by atoms with E-state index >= 15 is 0 Å². The molecule has 0 unspecified atom stereocenters. The van der Waals surface area contributed by atoms with E-state index in [0.717, 1.165) is 5.56 Å². The molecular weight excluding hydrogens is 398 g/mol. The molecule has 156 valence electrons. The molecule has 7 nitrogen and oxygen atoms in total. The zero-order valence-corrected chi connectivity index (χ0v) is 17.5. The lowest BCUT2D eigenvalue weighted by atomic mass is 10.1. The van der Waals surface area contributed by atoms with Crippen molar-refractivity contribution in [2.24, 2.45) is 0 Å². The van der Waals surface area contributed by atoms with Crippen LogP contribution in [-0.2, 0) is 20.7 Å². The Morgan fingerprint density at radius 2 is 1.69 bits per heavy atom. The monoisotopic (exact) mass is 421 g/mol. The van der Waals surface area contributed by atoms with Crippen molar-refractivity contribution in [3.8, 4) is 17.2 Å². The fraction of sp³-hybridized carbons (Fsp3) is 0.333. The summed E-state index contributed by atoms with van der Waals surface area (Å²) < 4.78 is 20.9. The van der Waals surface area contributed by atoms with Crippen LogP contribution in [0.3, 0.4) is 0 Å². The van der Waals surface area contributed by atoms with Crippen molar-refractivity contribution < 1.29 is 28.5 Å². The molecule has 0 spiro atoms. The number of carbonyl (C=O) groups excluding carboxylic acids is 2. The first kappa shape index (κ1) is 22.4. The van der Waals surface area contributed by atoms with E-state index in [4.69, 9.17) is 30.5 Å². The molecule has 1 atom stereocenters. The number of esters is 1. The summed E-state index contributed by atoms with van der Waals surface area (Å²) in [6.45, 7) is 1.44. The molecule has 0 aliphatic heterocycles. The minimum Gasteiger partial charge on any atom is -0.493 e. The van der Waals surface area contributed by atoms with Gasteiger partial charge >= 0.3 is 5.97 Å². The normalized spacial score (nSPS) is 11.3. The zero-order valence-electron chi connectivity index (χ0n) is 16.8. The number of methoxy groups -OCH3 is 3. The number of benzene rings is 2. The first-order chi connectivity index (χ1) is 13.9. The summed E-state index contributed by atoms with van der Waals surface area (Å²) in [6.07, 6.45) is -0.0478. The van der Waals surface area contributed by atoms with Gasteiger partial charge in [-0.2, -0.15) is 0 Å². The second-order valence-corrected chi connectivity index (χ2v) is 6.65. The van der Waals surface area contributed by atoms with Gasteiger partial charge in [-0.15, -0.1) is 0 Å². The summed E-state index contributed by atoms with van der Waals surface area (Å²) in [6, 6.07) is 10.2. The van der Waals surface area contributed by atoms with Gasteiger partial charge in [-0.05, 0) is 42.3 Å². The van der Waals surface area contributed by atoms with E-state index in [1.54, 1.807) is 30.3 Å². The molecule has 0 aliphatic rings. The molecular formula is C21H24ClNO6. The maximum absolute atomic E-state index is 12.1. The van der Waals surface area contributed by atoms with Gasteiger partial charge in [-0.3, -0.25) is 9.59 Å². The molecule has 0 bridgehead atoms. The highest BCUT2D eigenvalue weighted by Crippen LogP contribution is 2.38. The van der Waals surface area contributed by atoms with Crippen LogP contribution >= 0.6 is 11.6 Å². The van der Waals surface area contributed by atoms with Gasteiger partial charge in [0.25, 0.3) is 5.91 Å². The van der Waals surface area contributed by atoms with Crippen LogP contribution < -0.4 is 19.5 Å². The second kappa shape index (κ2) is 10.6. The van der Waals surface area contributed by atoms with Crippen LogP contribution in [0.4, 0.5) is 0 Å². The van der Waals surface area contributed by atoms with Crippen molar-refractivity contribution >= 4 is 23.5 Å². The van der Waals surface area contributed by atoms with Gasteiger partial charge in [0.2, 0.25) is 5.75 Å². The van der Waals surface area contributed by atoms with Crippen molar-refractivity contribution in [2.75, 3.05) is 27.9 Å². The third kappa shape index (κ3) is 6.29. The lowest BCUT2D eigenvalue weighted by Gasteiger charge is -2.15. The zero-order chi connectivity index (χ0) is 21.4. The number of hydrogen-bond acceptors (Lipinski definition) is 6. The fourth-order valence-electron chi connectivity index (χ4n) is 2.74. The standard InChI is InChI=1S/C21H24ClNO6/c1-13(15-6-5-7-16(22)11-15)23-19(24)12-29-20(25)10-14-8-17(26-2)21(28-4)18(9-14)27-3/h5-9,11,13H,10,12H2,1-4H3,(H,23,24)/t13-/m1/s1. The Bertz CT molecular complexity index is 845. The summed E-state index contributed by atoms with van der Waals surface area (Å²) in [7, 11) is 4.48. The Kier molecular flexibility index (Phi) is 8.15. The van der Waals surface area contributed by atoms with Crippen molar-refractivity contribution in [1.29, 1.82) is 0 Å². The second-order valence-electron chi connectivity index (χ2n) is 6.22. The predicted octanol–water partition coefficient (Wildman–Crippen LogP) is 3.33. The van der Waals surface area contributed by atoms with Gasteiger partial charge in [0, 0.05) is 5.02 Å². The van der Waals surface area contributed by atoms with E-state index < -0.39 is 11.9 Å². The molecule has 0 aromatic heterocycles. The Balaban J connectivity index is 1.91. The summed E-state index contributed by atoms with van der Waals surface area (Å²) in [4.78, 5) is 24.2. The number of halogens is 1. The predicted molar refractivity (Wildman–Crippen MR) is 109 cm³/mol. The van der Waals surface area contributed by atoms with Gasteiger partial charge in [0.1, 0.15) is 0 Å². The molecule has 0 radical (unpaired) electrons. The van der Waals surface area contributed by atoms with Gasteiger partial charge in [0.15, 0.2) is 18.1 Å². The number of rotatable bonds is 9. The molecule has 2 rings (SSSR count). The molecule has 0 heterocycles. The van der Waals surface area contributed by atoms with Crippen molar-refractivity contribution in [1.82, 2.24) is 5.32 Å². The average molecular weight is 422 g/mol. The quantitative estimate of drug-likeness (QED) is 0.625.